The number of rotatable bonds is 5. The highest BCUT2D eigenvalue weighted by molar-refractivity contribution is 7.14. The van der Waals surface area contributed by atoms with Gasteiger partial charge >= 0.3 is 0 Å². The molecule has 4 aromatic rings. The number of benzene rings is 3. The van der Waals surface area contributed by atoms with Crippen LogP contribution in [0.2, 0.25) is 0 Å². The van der Waals surface area contributed by atoms with Gasteiger partial charge in [0.1, 0.15) is 26.4 Å². The number of carbonyl (C=O) groups excluding carboxylic acids is 2. The zero-order valence-electron chi connectivity index (χ0n) is 19.5. The van der Waals surface area contributed by atoms with Crippen LogP contribution >= 0.6 is 11.3 Å². The minimum Gasteiger partial charge on any atom is -0.486 e. The van der Waals surface area contributed by atoms with E-state index in [1.54, 1.807) is 42.5 Å². The van der Waals surface area contributed by atoms with Gasteiger partial charge in [-0.05, 0) is 48.5 Å². The summed E-state index contributed by atoms with van der Waals surface area (Å²) in [4.78, 5) is 30.1. The summed E-state index contributed by atoms with van der Waals surface area (Å²) >= 11 is 1.31. The van der Waals surface area contributed by atoms with Crippen LogP contribution in [0.4, 0.5) is 10.8 Å². The monoisotopic (exact) mass is 515 g/mol. The van der Waals surface area contributed by atoms with Crippen molar-refractivity contribution in [3.8, 4) is 34.3 Å². The summed E-state index contributed by atoms with van der Waals surface area (Å²) in [5.41, 5.74) is 3.01. The van der Waals surface area contributed by atoms with Crippen LogP contribution in [0.5, 0.6) is 23.0 Å². The molecule has 9 nitrogen and oxygen atoms in total. The smallest absolute Gasteiger partial charge is 0.257 e. The first-order chi connectivity index (χ1) is 18.1. The highest BCUT2D eigenvalue weighted by Gasteiger charge is 2.17. The molecule has 0 aliphatic carbocycles. The van der Waals surface area contributed by atoms with Crippen LogP contribution in [0.15, 0.2) is 66.0 Å². The normalized spacial score (nSPS) is 13.5. The first-order valence-electron chi connectivity index (χ1n) is 11.6. The number of thiazole rings is 1. The van der Waals surface area contributed by atoms with E-state index < -0.39 is 0 Å². The summed E-state index contributed by atoms with van der Waals surface area (Å²) < 4.78 is 22.1. The average Bonchev–Trinajstić information content (AvgIpc) is 3.41. The third kappa shape index (κ3) is 4.91. The van der Waals surface area contributed by atoms with E-state index in [-0.39, 0.29) is 11.8 Å². The van der Waals surface area contributed by atoms with Crippen molar-refractivity contribution in [2.45, 2.75) is 0 Å². The van der Waals surface area contributed by atoms with Crippen LogP contribution in [-0.4, -0.2) is 43.2 Å². The van der Waals surface area contributed by atoms with Crippen molar-refractivity contribution >= 4 is 34.0 Å². The van der Waals surface area contributed by atoms with Gasteiger partial charge in [-0.25, -0.2) is 4.98 Å². The second-order valence-corrected chi connectivity index (χ2v) is 9.10. The summed E-state index contributed by atoms with van der Waals surface area (Å²) in [5.74, 6) is 1.80. The number of carbonyl (C=O) groups is 2. The van der Waals surface area contributed by atoms with E-state index in [2.05, 4.69) is 15.6 Å². The van der Waals surface area contributed by atoms with Crippen LogP contribution in [0, 0.1) is 0 Å². The standard InChI is InChI=1S/C27H21N3O6S/c31-25(17-4-6-21-23(13-17)35-10-8-33-21)28-19-3-1-2-16(12-19)20-15-37-27(29-20)30-26(32)18-5-7-22-24(14-18)36-11-9-34-22/h1-7,12-15H,8-11H2,(H,28,31)(H,29,30,32). The Morgan fingerprint density at radius 3 is 1.95 bits per heavy atom. The molecule has 2 amide bonds. The second-order valence-electron chi connectivity index (χ2n) is 8.24. The molecule has 2 N–H and O–H groups in total. The summed E-state index contributed by atoms with van der Waals surface area (Å²) in [6, 6.07) is 17.5. The molecule has 2 aliphatic rings. The Kier molecular flexibility index (Phi) is 6.07. The Hall–Kier alpha value is -4.57. The molecule has 3 aromatic carbocycles. The number of hydrogen-bond donors (Lipinski definition) is 2. The lowest BCUT2D eigenvalue weighted by atomic mass is 10.1. The summed E-state index contributed by atoms with van der Waals surface area (Å²) in [7, 11) is 0. The summed E-state index contributed by atoms with van der Waals surface area (Å²) in [6.45, 7) is 1.88. The zero-order chi connectivity index (χ0) is 25.2. The molecule has 0 bridgehead atoms. The quantitative estimate of drug-likeness (QED) is 0.391. The van der Waals surface area contributed by atoms with Gasteiger partial charge in [0.2, 0.25) is 0 Å². The van der Waals surface area contributed by atoms with E-state index in [1.807, 2.05) is 23.6 Å². The Balaban J connectivity index is 1.14. The van der Waals surface area contributed by atoms with E-state index in [4.69, 9.17) is 18.9 Å². The molecule has 0 saturated carbocycles. The third-order valence-electron chi connectivity index (χ3n) is 5.75. The van der Waals surface area contributed by atoms with E-state index in [9.17, 15) is 9.59 Å². The molecule has 0 radical (unpaired) electrons. The summed E-state index contributed by atoms with van der Waals surface area (Å²) in [5, 5.41) is 8.05. The highest BCUT2D eigenvalue weighted by atomic mass is 32.1. The van der Waals surface area contributed by atoms with Crippen molar-refractivity contribution in [2.24, 2.45) is 0 Å². The van der Waals surface area contributed by atoms with E-state index in [1.165, 1.54) is 11.3 Å². The molecular weight excluding hydrogens is 494 g/mol. The van der Waals surface area contributed by atoms with E-state index in [0.29, 0.717) is 77.1 Å². The van der Waals surface area contributed by atoms with Crippen LogP contribution in [0.3, 0.4) is 0 Å². The number of aromatic nitrogens is 1. The maximum atomic E-state index is 12.8. The highest BCUT2D eigenvalue weighted by Crippen LogP contribution is 2.33. The molecule has 0 fully saturated rings. The minimum atomic E-state index is -0.293. The van der Waals surface area contributed by atoms with Crippen molar-refractivity contribution < 1.29 is 28.5 Å². The maximum absolute atomic E-state index is 12.8. The van der Waals surface area contributed by atoms with Crippen molar-refractivity contribution in [2.75, 3.05) is 37.1 Å². The summed E-state index contributed by atoms with van der Waals surface area (Å²) in [6.07, 6.45) is 0. The van der Waals surface area contributed by atoms with Crippen LogP contribution in [0.1, 0.15) is 20.7 Å². The van der Waals surface area contributed by atoms with Gasteiger partial charge in [0.05, 0.1) is 5.69 Å². The number of nitrogens with one attached hydrogen (secondary N) is 2. The van der Waals surface area contributed by atoms with Crippen molar-refractivity contribution in [3.63, 3.8) is 0 Å². The molecule has 10 heteroatoms. The molecule has 0 spiro atoms. The maximum Gasteiger partial charge on any atom is 0.257 e. The van der Waals surface area contributed by atoms with Crippen LogP contribution in [-0.2, 0) is 0 Å². The topological polar surface area (TPSA) is 108 Å². The first-order valence-corrected chi connectivity index (χ1v) is 12.5. The Bertz CT molecular complexity index is 1500. The fourth-order valence-corrected chi connectivity index (χ4v) is 4.68. The molecular formula is C27H21N3O6S. The van der Waals surface area contributed by atoms with E-state index >= 15 is 0 Å². The molecule has 0 saturated heterocycles. The lowest BCUT2D eigenvalue weighted by Gasteiger charge is -2.18. The fourth-order valence-electron chi connectivity index (χ4n) is 3.96. The zero-order valence-corrected chi connectivity index (χ0v) is 20.3. The van der Waals surface area contributed by atoms with Gasteiger partial charge in [-0.3, -0.25) is 14.9 Å². The molecule has 3 heterocycles. The van der Waals surface area contributed by atoms with Crippen LogP contribution in [0.25, 0.3) is 11.3 Å². The molecule has 2 aliphatic heterocycles. The molecule has 37 heavy (non-hydrogen) atoms. The minimum absolute atomic E-state index is 0.264. The van der Waals surface area contributed by atoms with Crippen LogP contribution < -0.4 is 29.6 Å². The molecule has 6 rings (SSSR count). The number of amides is 2. The fraction of sp³-hybridized carbons (Fsp3) is 0.148. The number of hydrogen-bond acceptors (Lipinski definition) is 8. The van der Waals surface area contributed by atoms with Gasteiger partial charge in [0.25, 0.3) is 11.8 Å². The van der Waals surface area contributed by atoms with E-state index in [0.717, 1.165) is 5.56 Å². The predicted molar refractivity (Wildman–Crippen MR) is 138 cm³/mol. The largest absolute Gasteiger partial charge is 0.486 e. The first kappa shape index (κ1) is 22.9. The molecule has 0 unspecified atom stereocenters. The second kappa shape index (κ2) is 9.82. The Morgan fingerprint density at radius 1 is 0.703 bits per heavy atom. The Morgan fingerprint density at radius 2 is 1.30 bits per heavy atom. The average molecular weight is 516 g/mol. The number of fused-ring (bicyclic) bond motifs is 2. The van der Waals surface area contributed by atoms with Gasteiger partial charge in [-0.1, -0.05) is 12.1 Å². The lowest BCUT2D eigenvalue weighted by molar-refractivity contribution is 0.101. The lowest BCUT2D eigenvalue weighted by Crippen LogP contribution is -2.17. The van der Waals surface area contributed by atoms with Gasteiger partial charge < -0.3 is 24.3 Å². The van der Waals surface area contributed by atoms with Crippen molar-refractivity contribution in [1.29, 1.82) is 0 Å². The predicted octanol–water partition coefficient (Wildman–Crippen LogP) is 4.86. The molecule has 1 aromatic heterocycles. The number of anilines is 2. The third-order valence-corrected chi connectivity index (χ3v) is 6.51. The van der Waals surface area contributed by atoms with Crippen molar-refractivity contribution in [3.05, 3.63) is 77.2 Å². The Labute approximate surface area is 216 Å². The van der Waals surface area contributed by atoms with Crippen molar-refractivity contribution in [1.82, 2.24) is 4.98 Å². The van der Waals surface area contributed by atoms with Gasteiger partial charge in [0.15, 0.2) is 28.1 Å². The molecule has 0 atom stereocenters. The molecule has 186 valence electrons. The number of ether oxygens (including phenoxy) is 4. The van der Waals surface area contributed by atoms with Gasteiger partial charge in [-0.15, -0.1) is 11.3 Å². The number of nitrogens with zero attached hydrogens (tertiary/aromatic N) is 1. The van der Waals surface area contributed by atoms with Gasteiger partial charge in [-0.2, -0.15) is 0 Å². The SMILES string of the molecule is O=C(Nc1cccc(-c2csc(NC(=O)c3ccc4c(c3)OCCO4)n2)c1)c1ccc2c(c1)OCCO2. The van der Waals surface area contributed by atoms with Gasteiger partial charge in [0, 0.05) is 27.8 Å².